The molecule has 0 amide bonds. The number of rotatable bonds is 4. The zero-order valence-electron chi connectivity index (χ0n) is 12.0. The number of halogens is 1. The van der Waals surface area contributed by atoms with Gasteiger partial charge in [0.2, 0.25) is 0 Å². The zero-order chi connectivity index (χ0) is 14.7. The third-order valence-electron chi connectivity index (χ3n) is 4.18. The van der Waals surface area contributed by atoms with Gasteiger partial charge in [0.15, 0.2) is 0 Å². The summed E-state index contributed by atoms with van der Waals surface area (Å²) in [6.45, 7) is 2.98. The lowest BCUT2D eigenvalue weighted by atomic mass is 9.99. The Morgan fingerprint density at radius 2 is 1.76 bits per heavy atom. The highest BCUT2D eigenvalue weighted by Gasteiger charge is 2.17. The molecule has 1 unspecified atom stereocenters. The summed E-state index contributed by atoms with van der Waals surface area (Å²) in [7, 11) is 0. The highest BCUT2D eigenvalue weighted by atomic mass is 35.5. The molecule has 1 aliphatic rings. The van der Waals surface area contributed by atoms with E-state index in [1.54, 1.807) is 0 Å². The van der Waals surface area contributed by atoms with Gasteiger partial charge in [-0.2, -0.15) is 0 Å². The van der Waals surface area contributed by atoms with E-state index in [-0.39, 0.29) is 0 Å². The number of fused-ring (bicyclic) bond motifs is 1. The smallest absolute Gasteiger partial charge is 0.0802 e. The first kappa shape index (κ1) is 14.6. The fourth-order valence-corrected chi connectivity index (χ4v) is 3.03. The second-order valence-electron chi connectivity index (χ2n) is 5.65. The molecule has 0 bridgehead atoms. The molecule has 0 saturated heterocycles. The number of benzene rings is 2. The van der Waals surface area contributed by atoms with Gasteiger partial charge in [-0.15, -0.1) is 0 Å². The van der Waals surface area contributed by atoms with Crippen LogP contribution in [0.3, 0.4) is 0 Å². The van der Waals surface area contributed by atoms with Crippen molar-refractivity contribution in [2.45, 2.75) is 25.5 Å². The molecular weight excluding hydrogens is 282 g/mol. The van der Waals surface area contributed by atoms with Gasteiger partial charge in [-0.1, -0.05) is 48.0 Å². The SMILES string of the molecule is OC(CCN1CCc2ccccc2C1)c1ccc(Cl)cc1. The van der Waals surface area contributed by atoms with Gasteiger partial charge < -0.3 is 5.11 Å². The maximum atomic E-state index is 10.3. The summed E-state index contributed by atoms with van der Waals surface area (Å²) < 4.78 is 0. The summed E-state index contributed by atoms with van der Waals surface area (Å²) in [6, 6.07) is 16.1. The predicted octanol–water partition coefficient (Wildman–Crippen LogP) is 3.82. The summed E-state index contributed by atoms with van der Waals surface area (Å²) in [5, 5.41) is 11.0. The minimum Gasteiger partial charge on any atom is -0.388 e. The first-order chi connectivity index (χ1) is 10.2. The molecule has 3 rings (SSSR count). The monoisotopic (exact) mass is 301 g/mol. The molecule has 0 saturated carbocycles. The van der Waals surface area contributed by atoms with Crippen LogP contribution in [0.15, 0.2) is 48.5 Å². The van der Waals surface area contributed by atoms with Crippen molar-refractivity contribution in [1.82, 2.24) is 4.90 Å². The molecule has 110 valence electrons. The van der Waals surface area contributed by atoms with E-state index in [1.165, 1.54) is 11.1 Å². The van der Waals surface area contributed by atoms with E-state index in [0.717, 1.165) is 38.0 Å². The van der Waals surface area contributed by atoms with Crippen LogP contribution in [0, 0.1) is 0 Å². The highest BCUT2D eigenvalue weighted by Crippen LogP contribution is 2.22. The Morgan fingerprint density at radius 3 is 2.52 bits per heavy atom. The van der Waals surface area contributed by atoms with E-state index in [4.69, 9.17) is 11.6 Å². The van der Waals surface area contributed by atoms with Crippen molar-refractivity contribution in [2.75, 3.05) is 13.1 Å². The van der Waals surface area contributed by atoms with Crippen LogP contribution in [-0.4, -0.2) is 23.1 Å². The molecule has 1 heterocycles. The van der Waals surface area contributed by atoms with Crippen molar-refractivity contribution in [1.29, 1.82) is 0 Å². The largest absolute Gasteiger partial charge is 0.388 e. The van der Waals surface area contributed by atoms with E-state index < -0.39 is 6.10 Å². The van der Waals surface area contributed by atoms with Gasteiger partial charge >= 0.3 is 0 Å². The summed E-state index contributed by atoms with van der Waals surface area (Å²) in [4.78, 5) is 2.42. The van der Waals surface area contributed by atoms with E-state index in [0.29, 0.717) is 5.02 Å². The van der Waals surface area contributed by atoms with Gasteiger partial charge in [-0.25, -0.2) is 0 Å². The molecular formula is C18H20ClNO. The van der Waals surface area contributed by atoms with Crippen molar-refractivity contribution < 1.29 is 5.11 Å². The Balaban J connectivity index is 1.55. The van der Waals surface area contributed by atoms with E-state index in [1.807, 2.05) is 24.3 Å². The Kier molecular flexibility index (Phi) is 4.59. The van der Waals surface area contributed by atoms with Gasteiger partial charge in [0.1, 0.15) is 0 Å². The van der Waals surface area contributed by atoms with E-state index >= 15 is 0 Å². The molecule has 1 atom stereocenters. The number of aliphatic hydroxyl groups is 1. The Bertz CT molecular complexity index is 596. The van der Waals surface area contributed by atoms with Gasteiger partial charge in [0, 0.05) is 24.7 Å². The molecule has 3 heteroatoms. The summed E-state index contributed by atoms with van der Waals surface area (Å²) >= 11 is 5.87. The molecule has 2 aromatic carbocycles. The van der Waals surface area contributed by atoms with E-state index in [9.17, 15) is 5.11 Å². The van der Waals surface area contributed by atoms with E-state index in [2.05, 4.69) is 29.2 Å². The Hall–Kier alpha value is -1.35. The van der Waals surface area contributed by atoms with Crippen molar-refractivity contribution in [2.24, 2.45) is 0 Å². The molecule has 0 spiro atoms. The Labute approximate surface area is 131 Å². The van der Waals surface area contributed by atoms with Crippen LogP contribution in [0.1, 0.15) is 29.2 Å². The van der Waals surface area contributed by atoms with Crippen molar-refractivity contribution in [3.63, 3.8) is 0 Å². The Morgan fingerprint density at radius 1 is 1.05 bits per heavy atom. The molecule has 0 radical (unpaired) electrons. The number of aliphatic hydroxyl groups excluding tert-OH is 1. The lowest BCUT2D eigenvalue weighted by molar-refractivity contribution is 0.137. The number of hydrogen-bond acceptors (Lipinski definition) is 2. The normalized spacial score (nSPS) is 16.5. The van der Waals surface area contributed by atoms with Crippen molar-refractivity contribution >= 4 is 11.6 Å². The first-order valence-electron chi connectivity index (χ1n) is 7.45. The third-order valence-corrected chi connectivity index (χ3v) is 4.44. The van der Waals surface area contributed by atoms with Gasteiger partial charge in [0.25, 0.3) is 0 Å². The third kappa shape index (κ3) is 3.65. The fourth-order valence-electron chi connectivity index (χ4n) is 2.90. The van der Waals surface area contributed by atoms with Crippen LogP contribution in [0.25, 0.3) is 0 Å². The molecule has 0 aromatic heterocycles. The maximum Gasteiger partial charge on any atom is 0.0802 e. The molecule has 2 nitrogen and oxygen atoms in total. The lowest BCUT2D eigenvalue weighted by Gasteiger charge is -2.29. The van der Waals surface area contributed by atoms with Crippen LogP contribution in [0.5, 0.6) is 0 Å². The highest BCUT2D eigenvalue weighted by molar-refractivity contribution is 6.30. The summed E-state index contributed by atoms with van der Waals surface area (Å²) in [5.74, 6) is 0. The summed E-state index contributed by atoms with van der Waals surface area (Å²) in [5.41, 5.74) is 3.83. The average Bonchev–Trinajstić information content (AvgIpc) is 2.53. The molecule has 1 N–H and O–H groups in total. The minimum absolute atomic E-state index is 0.417. The number of nitrogens with zero attached hydrogens (tertiary/aromatic N) is 1. The fraction of sp³-hybridized carbons (Fsp3) is 0.333. The van der Waals surface area contributed by atoms with Crippen LogP contribution < -0.4 is 0 Å². The van der Waals surface area contributed by atoms with Crippen LogP contribution >= 0.6 is 11.6 Å². The average molecular weight is 302 g/mol. The number of hydrogen-bond donors (Lipinski definition) is 1. The minimum atomic E-state index is -0.417. The molecule has 0 aliphatic carbocycles. The topological polar surface area (TPSA) is 23.5 Å². The molecule has 2 aromatic rings. The molecule has 1 aliphatic heterocycles. The van der Waals surface area contributed by atoms with Crippen molar-refractivity contribution in [3.8, 4) is 0 Å². The zero-order valence-corrected chi connectivity index (χ0v) is 12.8. The van der Waals surface area contributed by atoms with Crippen molar-refractivity contribution in [3.05, 3.63) is 70.2 Å². The van der Waals surface area contributed by atoms with Gasteiger partial charge in [-0.3, -0.25) is 4.90 Å². The second kappa shape index (κ2) is 6.61. The van der Waals surface area contributed by atoms with Crippen LogP contribution in [0.4, 0.5) is 0 Å². The first-order valence-corrected chi connectivity index (χ1v) is 7.83. The van der Waals surface area contributed by atoms with Crippen LogP contribution in [0.2, 0.25) is 5.02 Å². The quantitative estimate of drug-likeness (QED) is 0.928. The standard InChI is InChI=1S/C18H20ClNO/c19-17-7-5-15(6-8-17)18(21)10-12-20-11-9-14-3-1-2-4-16(14)13-20/h1-8,18,21H,9-13H2. The van der Waals surface area contributed by atoms with Gasteiger partial charge in [0.05, 0.1) is 6.10 Å². The predicted molar refractivity (Wildman–Crippen MR) is 86.5 cm³/mol. The second-order valence-corrected chi connectivity index (χ2v) is 6.09. The maximum absolute atomic E-state index is 10.3. The molecule has 0 fully saturated rings. The lowest BCUT2D eigenvalue weighted by Crippen LogP contribution is -2.32. The molecule has 21 heavy (non-hydrogen) atoms. The van der Waals surface area contributed by atoms with Gasteiger partial charge in [-0.05, 0) is 41.7 Å². The summed E-state index contributed by atoms with van der Waals surface area (Å²) in [6.07, 6.45) is 1.44. The van der Waals surface area contributed by atoms with Crippen LogP contribution in [-0.2, 0) is 13.0 Å².